The standard InChI is InChI=1S/C20H44N4O2/c1-17-13-19(3,4)21-10-12-24(16-26-8)18(2)14-20(5,6)22-9-11-23(17)15-25-7/h17-18,21-22H,9-16H2,1-8H3/t17-,18-/m1/s1. The number of methoxy groups -OCH3 is 2. The Kier molecular flexibility index (Phi) is 10.0. The summed E-state index contributed by atoms with van der Waals surface area (Å²) in [4.78, 5) is 4.86. The van der Waals surface area contributed by atoms with Gasteiger partial charge in [0.1, 0.15) is 0 Å². The van der Waals surface area contributed by atoms with Gasteiger partial charge in [0.15, 0.2) is 0 Å². The van der Waals surface area contributed by atoms with Gasteiger partial charge in [0.25, 0.3) is 0 Å². The van der Waals surface area contributed by atoms with Crippen molar-refractivity contribution in [3.8, 4) is 0 Å². The lowest BCUT2D eigenvalue weighted by atomic mass is 9.93. The molecule has 156 valence electrons. The molecule has 0 saturated carbocycles. The highest BCUT2D eigenvalue weighted by molar-refractivity contribution is 4.87. The van der Waals surface area contributed by atoms with Crippen molar-refractivity contribution in [3.63, 3.8) is 0 Å². The molecule has 1 heterocycles. The van der Waals surface area contributed by atoms with Gasteiger partial charge in [-0.3, -0.25) is 9.80 Å². The molecule has 0 radical (unpaired) electrons. The van der Waals surface area contributed by atoms with E-state index in [1.165, 1.54) is 0 Å². The third-order valence-electron chi connectivity index (χ3n) is 5.45. The van der Waals surface area contributed by atoms with Crippen molar-refractivity contribution in [3.05, 3.63) is 0 Å². The van der Waals surface area contributed by atoms with E-state index in [0.29, 0.717) is 25.5 Å². The second-order valence-corrected chi connectivity index (χ2v) is 9.19. The van der Waals surface area contributed by atoms with E-state index >= 15 is 0 Å². The van der Waals surface area contributed by atoms with Crippen LogP contribution >= 0.6 is 0 Å². The number of hydrogen-bond donors (Lipinski definition) is 2. The van der Waals surface area contributed by atoms with Crippen molar-refractivity contribution in [1.29, 1.82) is 0 Å². The molecular formula is C20H44N4O2. The van der Waals surface area contributed by atoms with Crippen LogP contribution in [0.15, 0.2) is 0 Å². The second kappa shape index (κ2) is 10.9. The van der Waals surface area contributed by atoms with E-state index in [1.54, 1.807) is 14.2 Å². The summed E-state index contributed by atoms with van der Waals surface area (Å²) in [6.45, 7) is 19.1. The van der Waals surface area contributed by atoms with Crippen molar-refractivity contribution < 1.29 is 9.47 Å². The molecule has 0 aromatic carbocycles. The molecule has 6 nitrogen and oxygen atoms in total. The van der Waals surface area contributed by atoms with E-state index in [0.717, 1.165) is 39.0 Å². The highest BCUT2D eigenvalue weighted by Crippen LogP contribution is 2.19. The fourth-order valence-corrected chi connectivity index (χ4v) is 4.11. The zero-order valence-electron chi connectivity index (χ0n) is 18.5. The van der Waals surface area contributed by atoms with Crippen LogP contribution in [-0.2, 0) is 9.47 Å². The summed E-state index contributed by atoms with van der Waals surface area (Å²) in [6.07, 6.45) is 2.17. The SMILES string of the molecule is COCN1CCNC(C)(C)C[C@@H](C)N(COC)CCNC(C)(C)C[C@H]1C. The smallest absolute Gasteiger partial charge is 0.0989 e. The van der Waals surface area contributed by atoms with E-state index in [9.17, 15) is 0 Å². The van der Waals surface area contributed by atoms with Gasteiger partial charge in [-0.2, -0.15) is 0 Å². The van der Waals surface area contributed by atoms with Crippen LogP contribution < -0.4 is 10.6 Å². The first-order valence-electron chi connectivity index (χ1n) is 10.1. The lowest BCUT2D eigenvalue weighted by molar-refractivity contribution is 0.0167. The zero-order chi connectivity index (χ0) is 19.8. The van der Waals surface area contributed by atoms with Gasteiger partial charge in [-0.1, -0.05) is 0 Å². The lowest BCUT2D eigenvalue weighted by Gasteiger charge is -2.39. The summed E-state index contributed by atoms with van der Waals surface area (Å²) in [5.74, 6) is 0. The summed E-state index contributed by atoms with van der Waals surface area (Å²) in [5.41, 5.74) is 0.175. The molecule has 0 aromatic heterocycles. The topological polar surface area (TPSA) is 49.0 Å². The highest BCUT2D eigenvalue weighted by Gasteiger charge is 2.28. The van der Waals surface area contributed by atoms with Crippen LogP contribution in [0.1, 0.15) is 54.4 Å². The molecule has 1 rings (SSSR count). The van der Waals surface area contributed by atoms with Gasteiger partial charge in [-0.05, 0) is 54.4 Å². The first-order valence-corrected chi connectivity index (χ1v) is 10.1. The van der Waals surface area contributed by atoms with Crippen LogP contribution in [0, 0.1) is 0 Å². The van der Waals surface area contributed by atoms with E-state index in [2.05, 4.69) is 62.0 Å². The van der Waals surface area contributed by atoms with Crippen LogP contribution in [0.5, 0.6) is 0 Å². The van der Waals surface area contributed by atoms with Crippen molar-refractivity contribution >= 4 is 0 Å². The summed E-state index contributed by atoms with van der Waals surface area (Å²) in [5, 5.41) is 7.51. The second-order valence-electron chi connectivity index (χ2n) is 9.19. The molecule has 1 saturated heterocycles. The first kappa shape index (κ1) is 23.8. The van der Waals surface area contributed by atoms with E-state index in [1.807, 2.05) is 0 Å². The largest absolute Gasteiger partial charge is 0.369 e. The molecule has 1 aliphatic rings. The van der Waals surface area contributed by atoms with Crippen molar-refractivity contribution in [2.45, 2.75) is 77.5 Å². The number of ether oxygens (including phenoxy) is 2. The Balaban J connectivity index is 2.88. The molecule has 1 fully saturated rings. The van der Waals surface area contributed by atoms with Crippen molar-refractivity contribution in [1.82, 2.24) is 20.4 Å². The minimum absolute atomic E-state index is 0.0875. The van der Waals surface area contributed by atoms with Gasteiger partial charge < -0.3 is 20.1 Å². The summed E-state index contributed by atoms with van der Waals surface area (Å²) in [7, 11) is 3.57. The van der Waals surface area contributed by atoms with Crippen LogP contribution in [0.2, 0.25) is 0 Å². The van der Waals surface area contributed by atoms with Gasteiger partial charge in [0, 0.05) is 63.6 Å². The Labute approximate surface area is 162 Å². The van der Waals surface area contributed by atoms with Gasteiger partial charge in [0.05, 0.1) is 13.5 Å². The molecule has 1 aliphatic heterocycles. The maximum Gasteiger partial charge on any atom is 0.0989 e. The average Bonchev–Trinajstić information content (AvgIpc) is 2.51. The van der Waals surface area contributed by atoms with E-state index in [4.69, 9.17) is 9.47 Å². The molecule has 0 unspecified atom stereocenters. The Morgan fingerprint density at radius 3 is 1.42 bits per heavy atom. The molecule has 0 aliphatic carbocycles. The van der Waals surface area contributed by atoms with Crippen molar-refractivity contribution in [2.75, 3.05) is 53.9 Å². The van der Waals surface area contributed by atoms with Crippen LogP contribution in [0.25, 0.3) is 0 Å². The van der Waals surface area contributed by atoms with Gasteiger partial charge in [0.2, 0.25) is 0 Å². The highest BCUT2D eigenvalue weighted by atomic mass is 16.5. The maximum atomic E-state index is 5.46. The molecule has 0 aromatic rings. The number of hydrogen-bond acceptors (Lipinski definition) is 6. The Morgan fingerprint density at radius 1 is 0.769 bits per heavy atom. The van der Waals surface area contributed by atoms with Gasteiger partial charge in [-0.15, -0.1) is 0 Å². The zero-order valence-corrected chi connectivity index (χ0v) is 18.5. The predicted molar refractivity (Wildman–Crippen MR) is 109 cm³/mol. The summed E-state index contributed by atoms with van der Waals surface area (Å²) >= 11 is 0. The number of nitrogens with zero attached hydrogens (tertiary/aromatic N) is 2. The predicted octanol–water partition coefficient (Wildman–Crippen LogP) is 2.11. The first-order chi connectivity index (χ1) is 12.1. The number of rotatable bonds is 4. The quantitative estimate of drug-likeness (QED) is 0.788. The van der Waals surface area contributed by atoms with E-state index in [-0.39, 0.29) is 11.1 Å². The Hall–Kier alpha value is -0.240. The van der Waals surface area contributed by atoms with Crippen LogP contribution in [0.3, 0.4) is 0 Å². The molecule has 0 amide bonds. The Bertz CT molecular complexity index is 354. The molecule has 2 N–H and O–H groups in total. The van der Waals surface area contributed by atoms with Gasteiger partial charge >= 0.3 is 0 Å². The third-order valence-corrected chi connectivity index (χ3v) is 5.45. The molecular weight excluding hydrogens is 328 g/mol. The van der Waals surface area contributed by atoms with Crippen LogP contribution in [0.4, 0.5) is 0 Å². The Morgan fingerprint density at radius 2 is 1.12 bits per heavy atom. The van der Waals surface area contributed by atoms with Gasteiger partial charge in [-0.25, -0.2) is 0 Å². The molecule has 6 heteroatoms. The molecule has 0 bridgehead atoms. The summed E-state index contributed by atoms with van der Waals surface area (Å²) in [6, 6.07) is 0.915. The number of nitrogens with one attached hydrogen (secondary N) is 2. The minimum atomic E-state index is 0.0875. The monoisotopic (exact) mass is 372 g/mol. The fraction of sp³-hybridized carbons (Fsp3) is 1.00. The van der Waals surface area contributed by atoms with Crippen LogP contribution in [-0.4, -0.2) is 86.8 Å². The minimum Gasteiger partial charge on any atom is -0.369 e. The van der Waals surface area contributed by atoms with Crippen molar-refractivity contribution in [2.24, 2.45) is 0 Å². The third kappa shape index (κ3) is 8.63. The normalized spacial score (nSPS) is 30.0. The lowest BCUT2D eigenvalue weighted by Crippen LogP contribution is -2.53. The molecule has 2 atom stereocenters. The molecule has 0 spiro atoms. The molecule has 26 heavy (non-hydrogen) atoms. The average molecular weight is 373 g/mol. The van der Waals surface area contributed by atoms with E-state index < -0.39 is 0 Å². The summed E-state index contributed by atoms with van der Waals surface area (Å²) < 4.78 is 10.9. The fourth-order valence-electron chi connectivity index (χ4n) is 4.11. The maximum absolute atomic E-state index is 5.46.